The highest BCUT2D eigenvalue weighted by Gasteiger charge is 2.21. The number of hydrogen-bond acceptors (Lipinski definition) is 4. The average Bonchev–Trinajstić information content (AvgIpc) is 2.78. The standard InChI is InChI=1S/C23H38N6O.HI/c1-4-24-23(29-16-14-28(15-17-29)20(3)30)25-18-21-6-8-22(9-7-21)19-27-12-10-26(5-2)11-13-27;/h6-9H,4-5,10-19H2,1-3H3,(H,24,25);1H. The van der Waals surface area contributed by atoms with Crippen LogP contribution < -0.4 is 5.32 Å². The maximum atomic E-state index is 11.5. The van der Waals surface area contributed by atoms with E-state index in [9.17, 15) is 4.79 Å². The number of likely N-dealkylation sites (N-methyl/N-ethyl adjacent to an activating group) is 1. The van der Waals surface area contributed by atoms with Crippen LogP contribution in [0.4, 0.5) is 0 Å². The van der Waals surface area contributed by atoms with E-state index in [0.717, 1.165) is 64.9 Å². The highest BCUT2D eigenvalue weighted by atomic mass is 127. The van der Waals surface area contributed by atoms with Gasteiger partial charge in [0.05, 0.1) is 6.54 Å². The van der Waals surface area contributed by atoms with Crippen molar-refractivity contribution in [2.75, 3.05) is 65.4 Å². The summed E-state index contributed by atoms with van der Waals surface area (Å²) in [7, 11) is 0. The van der Waals surface area contributed by atoms with Gasteiger partial charge in [0.25, 0.3) is 0 Å². The van der Waals surface area contributed by atoms with Crippen LogP contribution in [0.25, 0.3) is 0 Å². The van der Waals surface area contributed by atoms with Crippen molar-refractivity contribution in [1.82, 2.24) is 24.9 Å². The summed E-state index contributed by atoms with van der Waals surface area (Å²) in [4.78, 5) is 25.6. The van der Waals surface area contributed by atoms with Gasteiger partial charge < -0.3 is 20.0 Å². The fourth-order valence-electron chi connectivity index (χ4n) is 4.10. The first-order valence-corrected chi connectivity index (χ1v) is 11.4. The highest BCUT2D eigenvalue weighted by Crippen LogP contribution is 2.11. The molecule has 2 fully saturated rings. The molecule has 7 nitrogen and oxygen atoms in total. The number of guanidine groups is 1. The monoisotopic (exact) mass is 542 g/mol. The number of nitrogens with zero attached hydrogens (tertiary/aromatic N) is 5. The van der Waals surface area contributed by atoms with Crippen molar-refractivity contribution in [3.8, 4) is 0 Å². The van der Waals surface area contributed by atoms with E-state index in [1.807, 2.05) is 4.90 Å². The summed E-state index contributed by atoms with van der Waals surface area (Å²) >= 11 is 0. The average molecular weight is 543 g/mol. The van der Waals surface area contributed by atoms with Crippen molar-refractivity contribution >= 4 is 35.8 Å². The molecule has 0 saturated carbocycles. The minimum Gasteiger partial charge on any atom is -0.357 e. The maximum Gasteiger partial charge on any atom is 0.219 e. The molecule has 3 rings (SSSR count). The molecular weight excluding hydrogens is 503 g/mol. The van der Waals surface area contributed by atoms with E-state index in [1.165, 1.54) is 24.2 Å². The lowest BCUT2D eigenvalue weighted by molar-refractivity contribution is -0.130. The molecule has 0 radical (unpaired) electrons. The second kappa shape index (κ2) is 13.2. The van der Waals surface area contributed by atoms with Gasteiger partial charge in [-0.3, -0.25) is 9.69 Å². The zero-order chi connectivity index (χ0) is 21.3. The van der Waals surface area contributed by atoms with Crippen LogP contribution in [0.2, 0.25) is 0 Å². The van der Waals surface area contributed by atoms with Crippen LogP contribution >= 0.6 is 24.0 Å². The van der Waals surface area contributed by atoms with Gasteiger partial charge >= 0.3 is 0 Å². The molecular formula is C23H39IN6O. The number of aliphatic imine (C=N–C) groups is 1. The molecule has 1 amide bonds. The van der Waals surface area contributed by atoms with Gasteiger partial charge in [-0.25, -0.2) is 4.99 Å². The van der Waals surface area contributed by atoms with Gasteiger partial charge in [0.2, 0.25) is 5.91 Å². The number of rotatable bonds is 6. The molecule has 174 valence electrons. The Morgan fingerprint density at radius 1 is 0.871 bits per heavy atom. The van der Waals surface area contributed by atoms with E-state index in [0.29, 0.717) is 6.54 Å². The molecule has 2 aliphatic rings. The van der Waals surface area contributed by atoms with Gasteiger partial charge in [-0.1, -0.05) is 31.2 Å². The molecule has 1 aromatic carbocycles. The van der Waals surface area contributed by atoms with Crippen molar-refractivity contribution in [2.45, 2.75) is 33.9 Å². The molecule has 1 aromatic rings. The third-order valence-electron chi connectivity index (χ3n) is 6.11. The van der Waals surface area contributed by atoms with Crippen LogP contribution in [0.15, 0.2) is 29.3 Å². The minimum atomic E-state index is 0. The van der Waals surface area contributed by atoms with Crippen LogP contribution in [-0.4, -0.2) is 96.9 Å². The SMILES string of the molecule is CCNC(=NCc1ccc(CN2CCN(CC)CC2)cc1)N1CCN(C(C)=O)CC1.I. The van der Waals surface area contributed by atoms with Gasteiger partial charge in [0.1, 0.15) is 0 Å². The van der Waals surface area contributed by atoms with Crippen LogP contribution in [0.3, 0.4) is 0 Å². The quantitative estimate of drug-likeness (QED) is 0.339. The third kappa shape index (κ3) is 7.91. The van der Waals surface area contributed by atoms with Gasteiger partial charge in [0, 0.05) is 72.4 Å². The molecule has 0 spiro atoms. The van der Waals surface area contributed by atoms with Crippen LogP contribution in [-0.2, 0) is 17.9 Å². The predicted molar refractivity (Wildman–Crippen MR) is 138 cm³/mol. The molecule has 0 atom stereocenters. The number of nitrogens with one attached hydrogen (secondary N) is 1. The lowest BCUT2D eigenvalue weighted by atomic mass is 10.1. The summed E-state index contributed by atoms with van der Waals surface area (Å²) in [5.74, 6) is 1.10. The Balaban J connectivity index is 0.00000341. The first-order valence-electron chi connectivity index (χ1n) is 11.4. The number of carbonyl (C=O) groups excluding carboxylic acids is 1. The predicted octanol–water partition coefficient (Wildman–Crippen LogP) is 2.07. The molecule has 31 heavy (non-hydrogen) atoms. The van der Waals surface area contributed by atoms with E-state index in [2.05, 4.69) is 58.1 Å². The van der Waals surface area contributed by atoms with Crippen molar-refractivity contribution in [3.63, 3.8) is 0 Å². The van der Waals surface area contributed by atoms with Gasteiger partial charge in [0.15, 0.2) is 5.96 Å². The number of carbonyl (C=O) groups is 1. The number of halogens is 1. The number of piperazine rings is 2. The zero-order valence-electron chi connectivity index (χ0n) is 19.3. The molecule has 2 aliphatic heterocycles. The summed E-state index contributed by atoms with van der Waals surface area (Å²) < 4.78 is 0. The van der Waals surface area contributed by atoms with Gasteiger partial charge in [-0.2, -0.15) is 0 Å². The Labute approximate surface area is 204 Å². The Morgan fingerprint density at radius 3 is 1.97 bits per heavy atom. The van der Waals surface area contributed by atoms with Crippen LogP contribution in [0.1, 0.15) is 31.9 Å². The molecule has 8 heteroatoms. The third-order valence-corrected chi connectivity index (χ3v) is 6.11. The molecule has 0 bridgehead atoms. The summed E-state index contributed by atoms with van der Waals surface area (Å²) in [6.45, 7) is 17.5. The molecule has 0 aromatic heterocycles. The summed E-state index contributed by atoms with van der Waals surface area (Å²) in [6.07, 6.45) is 0. The maximum absolute atomic E-state index is 11.5. The molecule has 0 aliphatic carbocycles. The van der Waals surface area contributed by atoms with E-state index in [-0.39, 0.29) is 29.9 Å². The van der Waals surface area contributed by atoms with E-state index < -0.39 is 0 Å². The van der Waals surface area contributed by atoms with Gasteiger partial charge in [-0.15, -0.1) is 24.0 Å². The number of hydrogen-bond donors (Lipinski definition) is 1. The lowest BCUT2D eigenvalue weighted by Gasteiger charge is -2.36. The topological polar surface area (TPSA) is 54.4 Å². The van der Waals surface area contributed by atoms with Crippen molar-refractivity contribution in [2.24, 2.45) is 4.99 Å². The fraction of sp³-hybridized carbons (Fsp3) is 0.652. The number of amides is 1. The fourth-order valence-corrected chi connectivity index (χ4v) is 4.10. The lowest BCUT2D eigenvalue weighted by Crippen LogP contribution is -2.53. The Kier molecular flexibility index (Phi) is 11.0. The highest BCUT2D eigenvalue weighted by molar-refractivity contribution is 14.0. The van der Waals surface area contributed by atoms with Crippen molar-refractivity contribution < 1.29 is 4.79 Å². The first kappa shape index (κ1) is 25.9. The number of benzene rings is 1. The summed E-state index contributed by atoms with van der Waals surface area (Å²) in [5.41, 5.74) is 2.60. The Bertz CT molecular complexity index is 695. The molecule has 0 unspecified atom stereocenters. The van der Waals surface area contributed by atoms with E-state index in [1.54, 1.807) is 6.92 Å². The largest absolute Gasteiger partial charge is 0.357 e. The summed E-state index contributed by atoms with van der Waals surface area (Å²) in [6, 6.07) is 8.90. The smallest absolute Gasteiger partial charge is 0.219 e. The van der Waals surface area contributed by atoms with Crippen molar-refractivity contribution in [3.05, 3.63) is 35.4 Å². The molecule has 1 N–H and O–H groups in total. The Hall–Kier alpha value is -1.39. The van der Waals surface area contributed by atoms with Gasteiger partial charge in [-0.05, 0) is 24.6 Å². The minimum absolute atomic E-state index is 0. The zero-order valence-corrected chi connectivity index (χ0v) is 21.7. The van der Waals surface area contributed by atoms with Crippen molar-refractivity contribution in [1.29, 1.82) is 0 Å². The molecule has 2 saturated heterocycles. The second-order valence-electron chi connectivity index (χ2n) is 8.19. The Morgan fingerprint density at radius 2 is 1.42 bits per heavy atom. The molecule has 2 heterocycles. The van der Waals surface area contributed by atoms with Crippen LogP contribution in [0.5, 0.6) is 0 Å². The van der Waals surface area contributed by atoms with E-state index in [4.69, 9.17) is 4.99 Å². The summed E-state index contributed by atoms with van der Waals surface area (Å²) in [5, 5.41) is 3.40. The second-order valence-corrected chi connectivity index (χ2v) is 8.19. The first-order chi connectivity index (χ1) is 14.6. The van der Waals surface area contributed by atoms with E-state index >= 15 is 0 Å². The normalized spacial score (nSPS) is 18.6. The van der Waals surface area contributed by atoms with Crippen LogP contribution in [0, 0.1) is 0 Å².